The molecule has 0 saturated heterocycles. The van der Waals surface area contributed by atoms with Crippen LogP contribution in [-0.2, 0) is 4.84 Å². The first kappa shape index (κ1) is 11.7. The van der Waals surface area contributed by atoms with E-state index < -0.39 is 6.09 Å². The zero-order valence-electron chi connectivity index (χ0n) is 8.45. The van der Waals surface area contributed by atoms with Gasteiger partial charge in [0.05, 0.1) is 5.71 Å². The molecule has 1 amide bonds. The molecule has 1 N–H and O–H groups in total. The van der Waals surface area contributed by atoms with E-state index in [-0.39, 0.29) is 0 Å². The Morgan fingerprint density at radius 1 is 1.33 bits per heavy atom. The van der Waals surface area contributed by atoms with Gasteiger partial charge in [-0.15, -0.1) is 0 Å². The number of benzene rings is 1. The summed E-state index contributed by atoms with van der Waals surface area (Å²) in [6.07, 6.45) is -0.599. The predicted octanol–water partition coefficient (Wildman–Crippen LogP) is 3.39. The lowest BCUT2D eigenvalue weighted by atomic mass is 10.3. The first-order valence-corrected chi connectivity index (χ1v) is 5.12. The molecule has 1 rings (SSSR count). The van der Waals surface area contributed by atoms with Crippen LogP contribution in [0.1, 0.15) is 13.8 Å². The van der Waals surface area contributed by atoms with E-state index in [2.05, 4.69) is 31.2 Å². The van der Waals surface area contributed by atoms with Crippen LogP contribution >= 0.6 is 15.9 Å². The van der Waals surface area contributed by atoms with Crippen LogP contribution in [0.5, 0.6) is 0 Å². The molecule has 0 saturated carbocycles. The Morgan fingerprint density at radius 2 is 1.93 bits per heavy atom. The monoisotopic (exact) mass is 270 g/mol. The highest BCUT2D eigenvalue weighted by Crippen LogP contribution is 2.14. The summed E-state index contributed by atoms with van der Waals surface area (Å²) >= 11 is 3.30. The minimum absolute atomic E-state index is 0.599. The van der Waals surface area contributed by atoms with Crippen LogP contribution in [0, 0.1) is 0 Å². The van der Waals surface area contributed by atoms with E-state index in [4.69, 9.17) is 0 Å². The lowest BCUT2D eigenvalue weighted by Gasteiger charge is -2.02. The van der Waals surface area contributed by atoms with E-state index in [0.29, 0.717) is 11.4 Å². The van der Waals surface area contributed by atoms with Crippen molar-refractivity contribution in [3.8, 4) is 0 Å². The highest BCUT2D eigenvalue weighted by Gasteiger charge is 2.01. The third kappa shape index (κ3) is 4.60. The van der Waals surface area contributed by atoms with Gasteiger partial charge in [-0.3, -0.25) is 10.2 Å². The number of carbonyl (C=O) groups excluding carboxylic acids is 1. The molecule has 0 atom stereocenters. The molecule has 0 aliphatic rings. The van der Waals surface area contributed by atoms with Crippen LogP contribution in [0.25, 0.3) is 0 Å². The van der Waals surface area contributed by atoms with E-state index in [1.54, 1.807) is 26.0 Å². The Morgan fingerprint density at radius 3 is 2.47 bits per heavy atom. The topological polar surface area (TPSA) is 50.7 Å². The third-order valence-corrected chi connectivity index (χ3v) is 1.93. The average Bonchev–Trinajstić information content (AvgIpc) is 2.19. The average molecular weight is 271 g/mol. The summed E-state index contributed by atoms with van der Waals surface area (Å²) < 4.78 is 0.948. The van der Waals surface area contributed by atoms with Crippen molar-refractivity contribution in [1.82, 2.24) is 0 Å². The molecule has 4 nitrogen and oxygen atoms in total. The van der Waals surface area contributed by atoms with Gasteiger partial charge in [0.2, 0.25) is 0 Å². The number of carbonyl (C=O) groups is 1. The molecule has 0 radical (unpaired) electrons. The SMILES string of the molecule is CC(C)=NOC(=O)Nc1ccc(Br)cc1. The fraction of sp³-hybridized carbons (Fsp3) is 0.200. The molecular formula is C10H11BrN2O2. The predicted molar refractivity (Wildman–Crippen MR) is 63.0 cm³/mol. The number of nitrogens with one attached hydrogen (secondary N) is 1. The largest absolute Gasteiger partial charge is 0.437 e. The number of nitrogens with zero attached hydrogens (tertiary/aromatic N) is 1. The third-order valence-electron chi connectivity index (χ3n) is 1.40. The van der Waals surface area contributed by atoms with Crippen molar-refractivity contribution in [2.24, 2.45) is 5.16 Å². The number of oxime groups is 1. The molecule has 0 spiro atoms. The van der Waals surface area contributed by atoms with Crippen molar-refractivity contribution in [2.75, 3.05) is 5.32 Å². The number of hydrogen-bond donors (Lipinski definition) is 1. The second-order valence-electron chi connectivity index (χ2n) is 3.05. The van der Waals surface area contributed by atoms with Crippen LogP contribution in [0.2, 0.25) is 0 Å². The van der Waals surface area contributed by atoms with Gasteiger partial charge in [0, 0.05) is 10.2 Å². The lowest BCUT2D eigenvalue weighted by molar-refractivity contribution is 0.166. The number of halogens is 1. The van der Waals surface area contributed by atoms with E-state index in [1.165, 1.54) is 0 Å². The maximum Gasteiger partial charge on any atom is 0.437 e. The molecule has 1 aromatic carbocycles. The molecule has 0 fully saturated rings. The standard InChI is InChI=1S/C10H11BrN2O2/c1-7(2)13-15-10(14)12-9-5-3-8(11)4-6-9/h3-6H,1-2H3,(H,12,14). The minimum Gasteiger partial charge on any atom is -0.298 e. The quantitative estimate of drug-likeness (QED) is 0.509. The fourth-order valence-corrected chi connectivity index (χ4v) is 1.07. The summed E-state index contributed by atoms with van der Waals surface area (Å²) in [5, 5.41) is 6.07. The molecule has 0 aliphatic carbocycles. The summed E-state index contributed by atoms with van der Waals surface area (Å²) in [6.45, 7) is 3.49. The molecule has 0 bridgehead atoms. The van der Waals surface area contributed by atoms with E-state index in [0.717, 1.165) is 4.47 Å². The summed E-state index contributed by atoms with van der Waals surface area (Å²) in [6, 6.07) is 7.16. The molecule has 5 heteroatoms. The second kappa shape index (κ2) is 5.50. The molecule has 0 heterocycles. The van der Waals surface area contributed by atoms with Gasteiger partial charge < -0.3 is 0 Å². The van der Waals surface area contributed by atoms with Gasteiger partial charge in [0.15, 0.2) is 0 Å². The Labute approximate surface area is 96.4 Å². The zero-order valence-corrected chi connectivity index (χ0v) is 10.0. The van der Waals surface area contributed by atoms with E-state index in [9.17, 15) is 4.79 Å². The Balaban J connectivity index is 2.51. The zero-order chi connectivity index (χ0) is 11.3. The van der Waals surface area contributed by atoms with Crippen molar-refractivity contribution < 1.29 is 9.63 Å². The Kier molecular flexibility index (Phi) is 4.30. The number of rotatable bonds is 2. The molecule has 0 unspecified atom stereocenters. The first-order valence-electron chi connectivity index (χ1n) is 4.32. The highest BCUT2D eigenvalue weighted by atomic mass is 79.9. The Hall–Kier alpha value is -1.36. The number of hydrogen-bond acceptors (Lipinski definition) is 3. The molecule has 0 aliphatic heterocycles. The van der Waals surface area contributed by atoms with Crippen LogP contribution < -0.4 is 5.32 Å². The first-order chi connectivity index (χ1) is 7.08. The van der Waals surface area contributed by atoms with Gasteiger partial charge in [0.1, 0.15) is 0 Å². The van der Waals surface area contributed by atoms with E-state index in [1.807, 2.05) is 12.1 Å². The highest BCUT2D eigenvalue weighted by molar-refractivity contribution is 9.10. The molecule has 1 aromatic rings. The van der Waals surface area contributed by atoms with Crippen molar-refractivity contribution in [3.05, 3.63) is 28.7 Å². The van der Waals surface area contributed by atoms with Gasteiger partial charge >= 0.3 is 6.09 Å². The fourth-order valence-electron chi connectivity index (χ4n) is 0.807. The molecule has 15 heavy (non-hydrogen) atoms. The van der Waals surface area contributed by atoms with Crippen LogP contribution in [0.3, 0.4) is 0 Å². The van der Waals surface area contributed by atoms with Gasteiger partial charge in [-0.05, 0) is 38.1 Å². The van der Waals surface area contributed by atoms with Crippen molar-refractivity contribution >= 4 is 33.4 Å². The van der Waals surface area contributed by atoms with Crippen molar-refractivity contribution in [1.29, 1.82) is 0 Å². The Bertz CT molecular complexity index is 370. The number of anilines is 1. The van der Waals surface area contributed by atoms with Gasteiger partial charge in [-0.1, -0.05) is 21.1 Å². The minimum atomic E-state index is -0.599. The summed E-state index contributed by atoms with van der Waals surface area (Å²) in [5.74, 6) is 0. The number of amides is 1. The van der Waals surface area contributed by atoms with Gasteiger partial charge in [0.25, 0.3) is 0 Å². The second-order valence-corrected chi connectivity index (χ2v) is 3.96. The molecule has 0 aromatic heterocycles. The lowest BCUT2D eigenvalue weighted by Crippen LogP contribution is -2.11. The van der Waals surface area contributed by atoms with Crippen LogP contribution in [-0.4, -0.2) is 11.8 Å². The summed E-state index contributed by atoms with van der Waals surface area (Å²) in [5.41, 5.74) is 1.34. The van der Waals surface area contributed by atoms with Crippen LogP contribution in [0.15, 0.2) is 33.9 Å². The maximum atomic E-state index is 11.1. The summed E-state index contributed by atoms with van der Waals surface area (Å²) in [7, 11) is 0. The van der Waals surface area contributed by atoms with Crippen molar-refractivity contribution in [3.63, 3.8) is 0 Å². The van der Waals surface area contributed by atoms with Crippen LogP contribution in [0.4, 0.5) is 10.5 Å². The van der Waals surface area contributed by atoms with Crippen molar-refractivity contribution in [2.45, 2.75) is 13.8 Å². The van der Waals surface area contributed by atoms with E-state index >= 15 is 0 Å². The summed E-state index contributed by atoms with van der Waals surface area (Å²) in [4.78, 5) is 15.7. The van der Waals surface area contributed by atoms with Gasteiger partial charge in [-0.25, -0.2) is 4.79 Å². The molecule has 80 valence electrons. The normalized spacial score (nSPS) is 9.27. The maximum absolute atomic E-state index is 11.1. The molecular weight excluding hydrogens is 260 g/mol. The van der Waals surface area contributed by atoms with Gasteiger partial charge in [-0.2, -0.15) is 0 Å². The smallest absolute Gasteiger partial charge is 0.298 e.